The summed E-state index contributed by atoms with van der Waals surface area (Å²) in [5.41, 5.74) is 1.33. The smallest absolute Gasteiger partial charge is 0.155 e. The van der Waals surface area contributed by atoms with Crippen molar-refractivity contribution in [1.29, 1.82) is 0 Å². The molecule has 0 aromatic carbocycles. The van der Waals surface area contributed by atoms with Gasteiger partial charge in [-0.05, 0) is 68.3 Å². The van der Waals surface area contributed by atoms with Gasteiger partial charge in [0.2, 0.25) is 0 Å². The minimum atomic E-state index is -0.335. The summed E-state index contributed by atoms with van der Waals surface area (Å²) in [5.74, 6) is 2.30. The number of hydrogen-bond acceptors (Lipinski definition) is 3. The van der Waals surface area contributed by atoms with E-state index in [1.807, 2.05) is 6.08 Å². The Hall–Kier alpha value is -0.670. The Bertz CT molecular complexity index is 511. The minimum absolute atomic E-state index is 0.0493. The van der Waals surface area contributed by atoms with Crippen molar-refractivity contribution in [2.75, 3.05) is 0 Å². The van der Waals surface area contributed by atoms with E-state index in [0.717, 1.165) is 38.5 Å². The molecule has 22 heavy (non-hydrogen) atoms. The third kappa shape index (κ3) is 1.91. The van der Waals surface area contributed by atoms with E-state index < -0.39 is 0 Å². The van der Waals surface area contributed by atoms with Gasteiger partial charge in [-0.3, -0.25) is 4.79 Å². The van der Waals surface area contributed by atoms with Crippen LogP contribution in [0, 0.1) is 29.1 Å². The van der Waals surface area contributed by atoms with Crippen LogP contribution in [0.1, 0.15) is 58.3 Å². The Balaban J connectivity index is 1.67. The normalized spacial score (nSPS) is 50.9. The number of hydrogen-bond donors (Lipinski definition) is 2. The molecule has 4 aliphatic carbocycles. The van der Waals surface area contributed by atoms with Crippen LogP contribution in [-0.2, 0) is 4.79 Å². The molecule has 2 N–H and O–H groups in total. The summed E-state index contributed by atoms with van der Waals surface area (Å²) in [5, 5.41) is 21.2. The van der Waals surface area contributed by atoms with Gasteiger partial charge in [0.05, 0.1) is 12.2 Å². The van der Waals surface area contributed by atoms with Crippen LogP contribution in [0.15, 0.2) is 11.6 Å². The van der Waals surface area contributed by atoms with E-state index in [4.69, 9.17) is 0 Å². The highest BCUT2D eigenvalue weighted by molar-refractivity contribution is 5.91. The first-order valence-corrected chi connectivity index (χ1v) is 9.16. The third-order valence-electron chi connectivity index (χ3n) is 7.63. The van der Waals surface area contributed by atoms with Gasteiger partial charge in [0.25, 0.3) is 0 Å². The number of ketones is 1. The largest absolute Gasteiger partial charge is 0.393 e. The lowest BCUT2D eigenvalue weighted by Gasteiger charge is -2.54. The Morgan fingerprint density at radius 3 is 2.77 bits per heavy atom. The number of allylic oxidation sites excluding steroid dienone is 1. The molecule has 3 fully saturated rings. The van der Waals surface area contributed by atoms with Crippen molar-refractivity contribution in [2.45, 2.75) is 70.5 Å². The monoisotopic (exact) mass is 304 g/mol. The second kappa shape index (κ2) is 5.17. The molecule has 0 radical (unpaired) electrons. The van der Waals surface area contributed by atoms with Crippen molar-refractivity contribution in [1.82, 2.24) is 0 Å². The van der Waals surface area contributed by atoms with E-state index in [9.17, 15) is 15.0 Å². The minimum Gasteiger partial charge on any atom is -0.393 e. The zero-order valence-corrected chi connectivity index (χ0v) is 13.5. The molecule has 0 bridgehead atoms. The van der Waals surface area contributed by atoms with Gasteiger partial charge < -0.3 is 10.2 Å². The molecule has 0 aliphatic heterocycles. The number of fused-ring (bicyclic) bond motifs is 5. The Kier molecular flexibility index (Phi) is 3.50. The number of carbonyl (C=O) groups excluding carboxylic acids is 1. The van der Waals surface area contributed by atoms with Crippen molar-refractivity contribution in [2.24, 2.45) is 29.1 Å². The highest BCUT2D eigenvalue weighted by Crippen LogP contribution is 2.63. The summed E-state index contributed by atoms with van der Waals surface area (Å²) in [6.45, 7) is 2.18. The van der Waals surface area contributed by atoms with E-state index in [1.54, 1.807) is 0 Å². The molecule has 3 saturated carbocycles. The molecule has 0 heterocycles. The molecule has 4 aliphatic rings. The van der Waals surface area contributed by atoms with Gasteiger partial charge in [0, 0.05) is 18.3 Å². The maximum absolute atomic E-state index is 11.7. The van der Waals surface area contributed by atoms with Gasteiger partial charge in [-0.1, -0.05) is 12.5 Å². The molecular weight excluding hydrogens is 276 g/mol. The molecule has 0 aromatic rings. The average Bonchev–Trinajstić information content (AvgIpc) is 2.78. The second-order valence-electron chi connectivity index (χ2n) is 8.17. The molecule has 0 amide bonds. The first-order chi connectivity index (χ1) is 10.6. The molecule has 3 nitrogen and oxygen atoms in total. The molecular formula is C19H28O3. The fourth-order valence-electron chi connectivity index (χ4n) is 6.67. The summed E-state index contributed by atoms with van der Waals surface area (Å²) in [7, 11) is 0. The first kappa shape index (κ1) is 14.9. The number of carbonyl (C=O) groups is 1. The quantitative estimate of drug-likeness (QED) is 0.783. The summed E-state index contributed by atoms with van der Waals surface area (Å²) in [6, 6.07) is 0. The van der Waals surface area contributed by atoms with Gasteiger partial charge in [-0.2, -0.15) is 0 Å². The fourth-order valence-corrected chi connectivity index (χ4v) is 6.67. The Morgan fingerprint density at radius 1 is 1.18 bits per heavy atom. The maximum Gasteiger partial charge on any atom is 0.155 e. The summed E-state index contributed by atoms with van der Waals surface area (Å²) < 4.78 is 0. The van der Waals surface area contributed by atoms with Gasteiger partial charge in [0.1, 0.15) is 0 Å². The van der Waals surface area contributed by atoms with Crippen molar-refractivity contribution >= 4 is 5.78 Å². The third-order valence-corrected chi connectivity index (χ3v) is 7.63. The van der Waals surface area contributed by atoms with E-state index >= 15 is 0 Å². The van der Waals surface area contributed by atoms with Crippen LogP contribution in [-0.4, -0.2) is 28.2 Å². The van der Waals surface area contributed by atoms with Gasteiger partial charge in [0.15, 0.2) is 5.78 Å². The molecule has 4 rings (SSSR count). The van der Waals surface area contributed by atoms with Crippen molar-refractivity contribution in [3.05, 3.63) is 11.6 Å². The molecule has 0 saturated heterocycles. The van der Waals surface area contributed by atoms with Crippen LogP contribution in [0.25, 0.3) is 0 Å². The zero-order valence-electron chi connectivity index (χ0n) is 13.5. The predicted octanol–water partition coefficient (Wildman–Crippen LogP) is 2.85. The van der Waals surface area contributed by atoms with Crippen molar-refractivity contribution in [3.63, 3.8) is 0 Å². The molecule has 0 spiro atoms. The molecule has 3 heteroatoms. The lowest BCUT2D eigenvalue weighted by Crippen LogP contribution is -2.50. The Morgan fingerprint density at radius 2 is 2.00 bits per heavy atom. The second-order valence-corrected chi connectivity index (χ2v) is 8.17. The summed E-state index contributed by atoms with van der Waals surface area (Å²) >= 11 is 0. The van der Waals surface area contributed by atoms with Crippen molar-refractivity contribution in [3.8, 4) is 0 Å². The maximum atomic E-state index is 11.7. The molecule has 7 atom stereocenters. The van der Waals surface area contributed by atoms with Gasteiger partial charge in [-0.25, -0.2) is 0 Å². The van der Waals surface area contributed by atoms with Crippen LogP contribution in [0.3, 0.4) is 0 Å². The summed E-state index contributed by atoms with van der Waals surface area (Å²) in [6.07, 6.45) is 8.84. The SMILES string of the molecule is CC[C@]12CC[C@H]3[C@@H](CCC4=CC(=O)CC[C@@H]43)[C@@H]1[C@@H](O)C[C@@H]2O. The zero-order chi connectivity index (χ0) is 15.5. The van der Waals surface area contributed by atoms with E-state index in [-0.39, 0.29) is 23.5 Å². The standard InChI is InChI=1S/C19H28O3/c1-2-19-8-7-14-13-6-4-12(20)9-11(13)3-5-15(14)18(19)16(21)10-17(19)22/h9,13-18,21-22H,2-8,10H2,1H3/t13-,14+,15+,16-,17-,18+,19+/m0/s1. The van der Waals surface area contributed by atoms with Crippen LogP contribution in [0.5, 0.6) is 0 Å². The number of aliphatic hydroxyl groups is 2. The fraction of sp³-hybridized carbons (Fsp3) is 0.842. The number of rotatable bonds is 1. The summed E-state index contributed by atoms with van der Waals surface area (Å²) in [4.78, 5) is 11.7. The van der Waals surface area contributed by atoms with E-state index in [2.05, 4.69) is 6.92 Å². The van der Waals surface area contributed by atoms with Gasteiger partial charge >= 0.3 is 0 Å². The van der Waals surface area contributed by atoms with Crippen LogP contribution in [0.4, 0.5) is 0 Å². The molecule has 0 aromatic heterocycles. The highest BCUT2D eigenvalue weighted by Gasteiger charge is 2.60. The van der Waals surface area contributed by atoms with E-state index in [0.29, 0.717) is 36.4 Å². The lowest BCUT2D eigenvalue weighted by atomic mass is 9.51. The molecule has 0 unspecified atom stereocenters. The lowest BCUT2D eigenvalue weighted by molar-refractivity contribution is -0.117. The van der Waals surface area contributed by atoms with E-state index in [1.165, 1.54) is 5.57 Å². The van der Waals surface area contributed by atoms with Crippen LogP contribution in [0.2, 0.25) is 0 Å². The van der Waals surface area contributed by atoms with Crippen LogP contribution >= 0.6 is 0 Å². The highest BCUT2D eigenvalue weighted by atomic mass is 16.3. The topological polar surface area (TPSA) is 57.5 Å². The predicted molar refractivity (Wildman–Crippen MR) is 84.1 cm³/mol. The van der Waals surface area contributed by atoms with Crippen molar-refractivity contribution < 1.29 is 15.0 Å². The average molecular weight is 304 g/mol. The van der Waals surface area contributed by atoms with Crippen LogP contribution < -0.4 is 0 Å². The first-order valence-electron chi connectivity index (χ1n) is 9.16. The Labute approximate surface area is 132 Å². The number of aliphatic hydroxyl groups excluding tert-OH is 2. The van der Waals surface area contributed by atoms with Gasteiger partial charge in [-0.15, -0.1) is 0 Å². The molecule has 122 valence electrons.